The number of nitrogens with one attached hydrogen (secondary N) is 1. The van der Waals surface area contributed by atoms with Crippen LogP contribution in [0.4, 0.5) is 0 Å². The van der Waals surface area contributed by atoms with Crippen LogP contribution in [0.15, 0.2) is 28.7 Å². The van der Waals surface area contributed by atoms with Crippen molar-refractivity contribution in [1.29, 1.82) is 0 Å². The highest BCUT2D eigenvalue weighted by Gasteiger charge is 2.34. The van der Waals surface area contributed by atoms with Gasteiger partial charge in [-0.15, -0.1) is 0 Å². The zero-order valence-electron chi connectivity index (χ0n) is 10.9. The third-order valence-electron chi connectivity index (χ3n) is 4.54. The summed E-state index contributed by atoms with van der Waals surface area (Å²) in [4.78, 5) is 0. The molecule has 2 aliphatic rings. The predicted octanol–water partition coefficient (Wildman–Crippen LogP) is 4.51. The van der Waals surface area contributed by atoms with Gasteiger partial charge in [0.15, 0.2) is 0 Å². The van der Waals surface area contributed by atoms with E-state index >= 15 is 0 Å². The fraction of sp³-hybridized carbons (Fsp3) is 0.625. The molecule has 0 amide bonds. The molecule has 0 saturated heterocycles. The van der Waals surface area contributed by atoms with Crippen molar-refractivity contribution in [2.24, 2.45) is 11.8 Å². The van der Waals surface area contributed by atoms with Gasteiger partial charge in [-0.2, -0.15) is 0 Å². The number of benzene rings is 1. The predicted molar refractivity (Wildman–Crippen MR) is 79.5 cm³/mol. The van der Waals surface area contributed by atoms with Crippen molar-refractivity contribution in [2.45, 2.75) is 51.1 Å². The Morgan fingerprint density at radius 3 is 2.67 bits per heavy atom. The summed E-state index contributed by atoms with van der Waals surface area (Å²) in [5.41, 5.74) is 1.38. The van der Waals surface area contributed by atoms with E-state index in [-0.39, 0.29) is 0 Å². The molecule has 18 heavy (non-hydrogen) atoms. The van der Waals surface area contributed by atoms with Gasteiger partial charge in [-0.1, -0.05) is 47.0 Å². The molecule has 1 aromatic carbocycles. The SMILES string of the molecule is Brc1ccccc1CNC1CCCC(C2CC2)C1. The maximum Gasteiger partial charge on any atom is 0.0220 e. The monoisotopic (exact) mass is 307 g/mol. The van der Waals surface area contributed by atoms with Gasteiger partial charge in [0, 0.05) is 17.1 Å². The Morgan fingerprint density at radius 1 is 1.06 bits per heavy atom. The molecule has 0 bridgehead atoms. The second-order valence-corrected chi connectivity index (χ2v) is 6.79. The topological polar surface area (TPSA) is 12.0 Å². The van der Waals surface area contributed by atoms with Crippen LogP contribution in [-0.2, 0) is 6.54 Å². The van der Waals surface area contributed by atoms with Gasteiger partial charge in [0.2, 0.25) is 0 Å². The van der Waals surface area contributed by atoms with Crippen LogP contribution in [0.25, 0.3) is 0 Å². The molecule has 1 nitrogen and oxygen atoms in total. The zero-order valence-corrected chi connectivity index (χ0v) is 12.5. The maximum absolute atomic E-state index is 3.76. The summed E-state index contributed by atoms with van der Waals surface area (Å²) in [6, 6.07) is 9.28. The van der Waals surface area contributed by atoms with Crippen molar-refractivity contribution in [3.05, 3.63) is 34.3 Å². The summed E-state index contributed by atoms with van der Waals surface area (Å²) in [6.45, 7) is 1.00. The minimum absolute atomic E-state index is 0.747. The second-order valence-electron chi connectivity index (χ2n) is 5.93. The average Bonchev–Trinajstić information content (AvgIpc) is 3.23. The molecular formula is C16H22BrN. The second kappa shape index (κ2) is 5.75. The minimum atomic E-state index is 0.747. The number of rotatable bonds is 4. The van der Waals surface area contributed by atoms with Gasteiger partial charge in [-0.25, -0.2) is 0 Å². The molecule has 2 heteroatoms. The van der Waals surface area contributed by atoms with Crippen LogP contribution in [0.1, 0.15) is 44.1 Å². The minimum Gasteiger partial charge on any atom is -0.310 e. The van der Waals surface area contributed by atoms with Crippen LogP contribution in [0.5, 0.6) is 0 Å². The average molecular weight is 308 g/mol. The molecule has 2 atom stereocenters. The van der Waals surface area contributed by atoms with Crippen molar-refractivity contribution in [1.82, 2.24) is 5.32 Å². The van der Waals surface area contributed by atoms with Crippen LogP contribution in [0.2, 0.25) is 0 Å². The van der Waals surface area contributed by atoms with E-state index in [9.17, 15) is 0 Å². The normalized spacial score (nSPS) is 28.3. The number of halogens is 1. The molecule has 3 rings (SSSR count). The summed E-state index contributed by atoms with van der Waals surface area (Å²) < 4.78 is 1.23. The van der Waals surface area contributed by atoms with Crippen LogP contribution in [0.3, 0.4) is 0 Å². The molecule has 0 aliphatic heterocycles. The van der Waals surface area contributed by atoms with Gasteiger partial charge in [0.1, 0.15) is 0 Å². The molecule has 2 fully saturated rings. The van der Waals surface area contributed by atoms with Crippen molar-refractivity contribution in [2.75, 3.05) is 0 Å². The first kappa shape index (κ1) is 12.7. The van der Waals surface area contributed by atoms with E-state index in [2.05, 4.69) is 45.5 Å². The molecule has 0 radical (unpaired) electrons. The van der Waals surface area contributed by atoms with Gasteiger partial charge in [0.05, 0.1) is 0 Å². The van der Waals surface area contributed by atoms with Gasteiger partial charge >= 0.3 is 0 Å². The lowest BCUT2D eigenvalue weighted by Gasteiger charge is -2.30. The Labute approximate surface area is 118 Å². The van der Waals surface area contributed by atoms with Crippen molar-refractivity contribution in [3.63, 3.8) is 0 Å². The number of hydrogen-bond donors (Lipinski definition) is 1. The molecule has 0 heterocycles. The molecule has 2 saturated carbocycles. The van der Waals surface area contributed by atoms with Crippen LogP contribution < -0.4 is 5.32 Å². The quantitative estimate of drug-likeness (QED) is 0.863. The molecule has 1 aromatic rings. The first-order valence-electron chi connectivity index (χ1n) is 7.29. The summed E-state index contributed by atoms with van der Waals surface area (Å²) in [5, 5.41) is 3.76. The lowest BCUT2D eigenvalue weighted by Crippen LogP contribution is -2.34. The van der Waals surface area contributed by atoms with E-state index in [4.69, 9.17) is 0 Å². The van der Waals surface area contributed by atoms with Crippen LogP contribution in [0, 0.1) is 11.8 Å². The third kappa shape index (κ3) is 3.16. The lowest BCUT2D eigenvalue weighted by molar-refractivity contribution is 0.260. The Balaban J connectivity index is 1.52. The summed E-state index contributed by atoms with van der Waals surface area (Å²) in [6.07, 6.45) is 8.69. The third-order valence-corrected chi connectivity index (χ3v) is 5.32. The first-order valence-corrected chi connectivity index (χ1v) is 8.09. The highest BCUT2D eigenvalue weighted by Crippen LogP contribution is 2.43. The van der Waals surface area contributed by atoms with E-state index in [0.29, 0.717) is 0 Å². The smallest absolute Gasteiger partial charge is 0.0220 e. The van der Waals surface area contributed by atoms with Gasteiger partial charge in [-0.05, 0) is 49.1 Å². The van der Waals surface area contributed by atoms with Gasteiger partial charge in [-0.3, -0.25) is 0 Å². The Morgan fingerprint density at radius 2 is 1.89 bits per heavy atom. The number of hydrogen-bond acceptors (Lipinski definition) is 1. The van der Waals surface area contributed by atoms with Crippen LogP contribution in [-0.4, -0.2) is 6.04 Å². The Kier molecular flexibility index (Phi) is 4.05. The fourth-order valence-electron chi connectivity index (χ4n) is 3.30. The Bertz CT molecular complexity index is 400. The molecule has 0 spiro atoms. The highest BCUT2D eigenvalue weighted by atomic mass is 79.9. The van der Waals surface area contributed by atoms with Crippen molar-refractivity contribution >= 4 is 15.9 Å². The molecular weight excluding hydrogens is 286 g/mol. The molecule has 2 unspecified atom stereocenters. The van der Waals surface area contributed by atoms with Crippen molar-refractivity contribution < 1.29 is 0 Å². The molecule has 1 N–H and O–H groups in total. The lowest BCUT2D eigenvalue weighted by atomic mass is 9.82. The van der Waals surface area contributed by atoms with E-state index in [0.717, 1.165) is 24.4 Å². The first-order chi connectivity index (χ1) is 8.83. The van der Waals surface area contributed by atoms with E-state index in [1.165, 1.54) is 48.6 Å². The molecule has 0 aromatic heterocycles. The summed E-state index contributed by atoms with van der Waals surface area (Å²) in [7, 11) is 0. The zero-order chi connectivity index (χ0) is 12.4. The summed E-state index contributed by atoms with van der Waals surface area (Å²) in [5.74, 6) is 2.11. The molecule has 2 aliphatic carbocycles. The fourth-order valence-corrected chi connectivity index (χ4v) is 3.73. The van der Waals surface area contributed by atoms with Crippen LogP contribution >= 0.6 is 15.9 Å². The molecule has 98 valence electrons. The maximum atomic E-state index is 3.76. The largest absolute Gasteiger partial charge is 0.310 e. The van der Waals surface area contributed by atoms with Gasteiger partial charge in [0.25, 0.3) is 0 Å². The van der Waals surface area contributed by atoms with E-state index < -0.39 is 0 Å². The van der Waals surface area contributed by atoms with E-state index in [1.54, 1.807) is 0 Å². The van der Waals surface area contributed by atoms with Gasteiger partial charge < -0.3 is 5.32 Å². The van der Waals surface area contributed by atoms with E-state index in [1.807, 2.05) is 0 Å². The Hall–Kier alpha value is -0.340. The summed E-state index contributed by atoms with van der Waals surface area (Å²) >= 11 is 3.63. The highest BCUT2D eigenvalue weighted by molar-refractivity contribution is 9.10. The standard InChI is InChI=1S/C16H22BrN/c17-16-7-2-1-4-14(16)11-18-15-6-3-5-13(10-15)12-8-9-12/h1-2,4,7,12-13,15,18H,3,5-6,8-11H2. The van der Waals surface area contributed by atoms with Crippen molar-refractivity contribution in [3.8, 4) is 0 Å².